The largest absolute Gasteiger partial charge is 0.507 e. The monoisotopic (exact) mass is 527 g/mol. The molecule has 0 aliphatic carbocycles. The fraction of sp³-hybridized carbons (Fsp3) is 0.300. The number of halogens is 8. The lowest BCUT2D eigenvalue weighted by Crippen LogP contribution is -2.52. The van der Waals surface area contributed by atoms with E-state index in [0.29, 0.717) is 11.6 Å². The van der Waals surface area contributed by atoms with Crippen LogP contribution in [0.2, 0.25) is 5.02 Å². The second kappa shape index (κ2) is 8.07. The topological polar surface area (TPSA) is 65.8 Å². The summed E-state index contributed by atoms with van der Waals surface area (Å²) in [6.07, 6.45) is -16.7. The maximum atomic E-state index is 14.0. The van der Waals surface area contributed by atoms with Gasteiger partial charge in [-0.2, -0.15) is 30.7 Å². The van der Waals surface area contributed by atoms with Crippen LogP contribution in [-0.4, -0.2) is 35.0 Å². The van der Waals surface area contributed by atoms with E-state index in [1.807, 2.05) is 0 Å². The van der Waals surface area contributed by atoms with Crippen LogP contribution in [0, 0.1) is 6.92 Å². The number of ether oxygens (including phenoxy) is 3. The third kappa shape index (κ3) is 4.05. The summed E-state index contributed by atoms with van der Waals surface area (Å²) in [4.78, 5) is 16.7. The minimum Gasteiger partial charge on any atom is -0.452 e. The zero-order chi connectivity index (χ0) is 25.9. The molecule has 0 N–H and O–H groups in total. The van der Waals surface area contributed by atoms with Gasteiger partial charge in [0.1, 0.15) is 17.7 Å². The van der Waals surface area contributed by atoms with E-state index in [4.69, 9.17) is 11.6 Å². The van der Waals surface area contributed by atoms with Gasteiger partial charge in [0.15, 0.2) is 11.5 Å². The van der Waals surface area contributed by atoms with Crippen LogP contribution < -0.4 is 14.4 Å². The molecule has 0 spiro atoms. The summed E-state index contributed by atoms with van der Waals surface area (Å²) in [5, 5.41) is -0.617. The van der Waals surface area contributed by atoms with Crippen LogP contribution in [0.3, 0.4) is 0 Å². The number of carbonyl (C=O) groups is 1. The number of hydrogen-bond acceptors (Lipinski definition) is 5. The Kier molecular flexibility index (Phi) is 5.69. The molecular formula is C20H13ClF7N3O4. The highest BCUT2D eigenvalue weighted by atomic mass is 35.5. The van der Waals surface area contributed by atoms with Gasteiger partial charge in [0.2, 0.25) is 5.82 Å². The Bertz CT molecular complexity index is 1330. The fourth-order valence-corrected chi connectivity index (χ4v) is 3.71. The van der Waals surface area contributed by atoms with Crippen molar-refractivity contribution in [2.45, 2.75) is 32.0 Å². The van der Waals surface area contributed by atoms with Gasteiger partial charge in [0, 0.05) is 6.07 Å². The van der Waals surface area contributed by atoms with Crippen molar-refractivity contribution in [1.82, 2.24) is 9.55 Å². The van der Waals surface area contributed by atoms with Crippen LogP contribution in [0.1, 0.15) is 11.4 Å². The van der Waals surface area contributed by atoms with E-state index in [1.165, 1.54) is 12.1 Å². The number of anilines is 1. The second-order valence-electron chi connectivity index (χ2n) is 7.31. The van der Waals surface area contributed by atoms with E-state index in [2.05, 4.69) is 19.2 Å². The molecule has 1 aliphatic heterocycles. The van der Waals surface area contributed by atoms with Crippen molar-refractivity contribution in [1.29, 1.82) is 0 Å². The van der Waals surface area contributed by atoms with Crippen molar-refractivity contribution < 1.29 is 49.7 Å². The lowest BCUT2D eigenvalue weighted by atomic mass is 10.2. The number of para-hydroxylation sites is 1. The molecule has 0 fully saturated rings. The molecule has 0 saturated heterocycles. The first kappa shape index (κ1) is 24.7. The molecule has 188 valence electrons. The Labute approximate surface area is 196 Å². The fourth-order valence-electron chi connectivity index (χ4n) is 3.48. The number of benzene rings is 2. The molecule has 0 radical (unpaired) electrons. The molecule has 0 unspecified atom stereocenters. The molecule has 35 heavy (non-hydrogen) atoms. The van der Waals surface area contributed by atoms with E-state index in [0.717, 1.165) is 12.0 Å². The van der Waals surface area contributed by atoms with Gasteiger partial charge in [-0.3, -0.25) is 9.47 Å². The van der Waals surface area contributed by atoms with Gasteiger partial charge in [-0.25, -0.2) is 9.78 Å². The summed E-state index contributed by atoms with van der Waals surface area (Å²) in [5.74, 6) is -3.89. The van der Waals surface area contributed by atoms with Crippen LogP contribution in [0.5, 0.6) is 11.5 Å². The zero-order valence-electron chi connectivity index (χ0n) is 17.6. The minimum absolute atomic E-state index is 0.110. The Morgan fingerprint density at radius 1 is 1.17 bits per heavy atom. The lowest BCUT2D eigenvalue weighted by molar-refractivity contribution is -0.391. The lowest BCUT2D eigenvalue weighted by Gasteiger charge is -2.32. The molecule has 15 heteroatoms. The first-order valence-electron chi connectivity index (χ1n) is 9.52. The zero-order valence-corrected chi connectivity index (χ0v) is 18.3. The number of imidazole rings is 1. The molecule has 1 amide bonds. The van der Waals surface area contributed by atoms with Crippen molar-refractivity contribution in [3.05, 3.63) is 46.7 Å². The van der Waals surface area contributed by atoms with Gasteiger partial charge in [0.25, 0.3) is 0 Å². The minimum atomic E-state index is -5.24. The van der Waals surface area contributed by atoms with E-state index in [-0.39, 0.29) is 10.3 Å². The number of carbonyl (C=O) groups excluding carboxylic acids is 1. The maximum Gasteiger partial charge on any atom is 0.507 e. The highest BCUT2D eigenvalue weighted by molar-refractivity contribution is 6.35. The Hall–Kier alpha value is -3.42. The number of fused-ring (bicyclic) bond motifs is 3. The van der Waals surface area contributed by atoms with Crippen molar-refractivity contribution in [3.8, 4) is 11.5 Å². The maximum absolute atomic E-state index is 14.0. The summed E-state index contributed by atoms with van der Waals surface area (Å²) in [7, 11) is 0.975. The predicted molar refractivity (Wildman–Crippen MR) is 107 cm³/mol. The second-order valence-corrected chi connectivity index (χ2v) is 7.71. The molecule has 2 heterocycles. The number of rotatable bonds is 3. The van der Waals surface area contributed by atoms with Crippen LogP contribution in [0.15, 0.2) is 30.3 Å². The Balaban J connectivity index is 2.02. The average molecular weight is 528 g/mol. The summed E-state index contributed by atoms with van der Waals surface area (Å²) >= 11 is 5.95. The highest BCUT2D eigenvalue weighted by Gasteiger charge is 2.66. The van der Waals surface area contributed by atoms with Crippen molar-refractivity contribution in [2.24, 2.45) is 0 Å². The molecular weight excluding hydrogens is 515 g/mol. The summed E-state index contributed by atoms with van der Waals surface area (Å²) in [6, 6.07) is 6.63. The number of methoxy groups -OCH3 is 1. The number of amides is 1. The Morgan fingerprint density at radius 3 is 2.40 bits per heavy atom. The summed E-state index contributed by atoms with van der Waals surface area (Å²) in [6.45, 7) is 0.557. The van der Waals surface area contributed by atoms with E-state index >= 15 is 0 Å². The van der Waals surface area contributed by atoms with Gasteiger partial charge in [-0.05, 0) is 18.6 Å². The smallest absolute Gasteiger partial charge is 0.452 e. The molecule has 0 saturated carbocycles. The highest BCUT2D eigenvalue weighted by Crippen LogP contribution is 2.52. The first-order valence-corrected chi connectivity index (χ1v) is 9.90. The average Bonchev–Trinajstić information content (AvgIpc) is 3.14. The van der Waals surface area contributed by atoms with Crippen molar-refractivity contribution >= 4 is 34.4 Å². The number of hydrogen-bond donors (Lipinski definition) is 0. The molecule has 1 aliphatic rings. The molecule has 0 bridgehead atoms. The predicted octanol–water partition coefficient (Wildman–Crippen LogP) is 6.20. The first-order chi connectivity index (χ1) is 16.2. The van der Waals surface area contributed by atoms with Crippen molar-refractivity contribution in [3.63, 3.8) is 0 Å². The van der Waals surface area contributed by atoms with E-state index in [9.17, 15) is 35.5 Å². The van der Waals surface area contributed by atoms with Crippen LogP contribution in [0.4, 0.5) is 41.2 Å². The standard InChI is InChI=1S/C20H13ClF7N3O4/c1-9-5-3-4-6-11(9)30(17(32)33-2)8-31-14-13(29-16(31)18(22,23)24)10(21)7-12-15(14)35-20(27,28)19(25,26)34-12/h3-7H,8H2,1-2H3. The number of aromatic nitrogens is 2. The SMILES string of the molecule is COC(=O)N(Cn1c(C(F)(F)F)nc2c(Cl)cc3c(c21)OC(F)(F)C(F)(F)O3)c1ccccc1C. The van der Waals surface area contributed by atoms with Gasteiger partial charge in [-0.1, -0.05) is 29.8 Å². The van der Waals surface area contributed by atoms with Gasteiger partial charge >= 0.3 is 24.5 Å². The molecule has 0 atom stereocenters. The van der Waals surface area contributed by atoms with Gasteiger partial charge in [-0.15, -0.1) is 0 Å². The Morgan fingerprint density at radius 2 is 1.80 bits per heavy atom. The van der Waals surface area contributed by atoms with Crippen molar-refractivity contribution in [2.75, 3.05) is 12.0 Å². The van der Waals surface area contributed by atoms with Crippen LogP contribution >= 0.6 is 11.6 Å². The number of nitrogens with zero attached hydrogens (tertiary/aromatic N) is 3. The summed E-state index contributed by atoms with van der Waals surface area (Å²) < 4.78 is 110. The molecule has 7 nitrogen and oxygen atoms in total. The third-order valence-corrected chi connectivity index (χ3v) is 5.32. The number of alkyl halides is 7. The molecule has 4 rings (SSSR count). The molecule has 3 aromatic rings. The van der Waals surface area contributed by atoms with Gasteiger partial charge < -0.3 is 14.2 Å². The van der Waals surface area contributed by atoms with E-state index in [1.54, 1.807) is 19.1 Å². The summed E-state index contributed by atoms with van der Waals surface area (Å²) in [5.41, 5.74) is -0.990. The van der Waals surface area contributed by atoms with Crippen LogP contribution in [0.25, 0.3) is 11.0 Å². The molecule has 2 aromatic carbocycles. The van der Waals surface area contributed by atoms with Gasteiger partial charge in [0.05, 0.1) is 17.8 Å². The number of aryl methyl sites for hydroxylation is 1. The third-order valence-electron chi connectivity index (χ3n) is 5.04. The quantitative estimate of drug-likeness (QED) is 0.379. The molecule has 1 aromatic heterocycles. The normalized spacial score (nSPS) is 16.3. The van der Waals surface area contributed by atoms with E-state index < -0.39 is 64.5 Å². The van der Waals surface area contributed by atoms with Crippen LogP contribution in [-0.2, 0) is 17.6 Å².